The molecule has 0 saturated carbocycles. The highest BCUT2D eigenvalue weighted by Gasteiger charge is 2.23. The molecule has 17 heavy (non-hydrogen) atoms. The lowest BCUT2D eigenvalue weighted by atomic mass is 10.1. The van der Waals surface area contributed by atoms with Crippen LogP contribution in [0.15, 0.2) is 0 Å². The molecule has 2 unspecified atom stereocenters. The van der Waals surface area contributed by atoms with E-state index in [1.165, 1.54) is 0 Å². The van der Waals surface area contributed by atoms with Gasteiger partial charge in [0.15, 0.2) is 0 Å². The fourth-order valence-corrected chi connectivity index (χ4v) is 1.99. The van der Waals surface area contributed by atoms with Gasteiger partial charge in [-0.3, -0.25) is 0 Å². The predicted octanol–water partition coefficient (Wildman–Crippen LogP) is 1.16. The molecule has 1 aromatic heterocycles. The molecule has 0 aliphatic rings. The van der Waals surface area contributed by atoms with E-state index in [0.717, 1.165) is 17.7 Å². The maximum absolute atomic E-state index is 9.52. The van der Waals surface area contributed by atoms with Gasteiger partial charge in [-0.15, -0.1) is 0 Å². The summed E-state index contributed by atoms with van der Waals surface area (Å²) in [4.78, 5) is 0. The highest BCUT2D eigenvalue weighted by Crippen LogP contribution is 2.28. The van der Waals surface area contributed by atoms with Crippen LogP contribution in [0.2, 0.25) is 0 Å². The third-order valence-electron chi connectivity index (χ3n) is 3.04. The van der Waals surface area contributed by atoms with Gasteiger partial charge in [0.25, 0.3) is 0 Å². The summed E-state index contributed by atoms with van der Waals surface area (Å²) < 4.78 is 7.04. The van der Waals surface area contributed by atoms with E-state index in [0.29, 0.717) is 11.9 Å². The lowest BCUT2D eigenvalue weighted by Gasteiger charge is -2.21. The zero-order valence-electron chi connectivity index (χ0n) is 11.3. The van der Waals surface area contributed by atoms with E-state index in [1.54, 1.807) is 11.8 Å². The molecule has 0 saturated heterocycles. The van der Waals surface area contributed by atoms with Crippen molar-refractivity contribution >= 4 is 0 Å². The molecule has 2 N–H and O–H groups in total. The number of nitrogens with zero attached hydrogens (tertiary/aromatic N) is 2. The molecule has 0 aliphatic carbocycles. The van der Waals surface area contributed by atoms with Gasteiger partial charge in [0, 0.05) is 13.1 Å². The molecule has 2 atom stereocenters. The van der Waals surface area contributed by atoms with E-state index >= 15 is 0 Å². The fourth-order valence-electron chi connectivity index (χ4n) is 1.99. The van der Waals surface area contributed by atoms with Gasteiger partial charge in [0.1, 0.15) is 0 Å². The third kappa shape index (κ3) is 2.98. The molecule has 1 heterocycles. The number of aromatic nitrogens is 2. The van der Waals surface area contributed by atoms with Crippen molar-refractivity contribution in [1.82, 2.24) is 15.1 Å². The van der Waals surface area contributed by atoms with Gasteiger partial charge in [-0.2, -0.15) is 5.10 Å². The Hall–Kier alpha value is -1.07. The van der Waals surface area contributed by atoms with Crippen LogP contribution in [0.4, 0.5) is 0 Å². The summed E-state index contributed by atoms with van der Waals surface area (Å²) in [6.45, 7) is 6.17. The Kier molecular flexibility index (Phi) is 4.96. The van der Waals surface area contributed by atoms with E-state index < -0.39 is 0 Å². The van der Waals surface area contributed by atoms with Crippen molar-refractivity contribution in [2.24, 2.45) is 7.05 Å². The summed E-state index contributed by atoms with van der Waals surface area (Å²) in [5, 5.41) is 17.2. The standard InChI is InChI=1S/C12H23N3O2/c1-6-8(2)13-10(7-16)11-9(3)14-15(4)12(11)17-5/h8,10,13,16H,6-7H2,1-5H3. The van der Waals surface area contributed by atoms with Gasteiger partial charge < -0.3 is 15.2 Å². The number of nitrogens with one attached hydrogen (secondary N) is 1. The van der Waals surface area contributed by atoms with E-state index in [9.17, 15) is 5.11 Å². The minimum atomic E-state index is -0.131. The van der Waals surface area contributed by atoms with Crippen LogP contribution in [0.5, 0.6) is 5.88 Å². The zero-order valence-corrected chi connectivity index (χ0v) is 11.3. The molecule has 5 heteroatoms. The molecule has 0 aliphatic heterocycles. The Balaban J connectivity index is 3.02. The minimum absolute atomic E-state index is 0.0350. The highest BCUT2D eigenvalue weighted by molar-refractivity contribution is 5.34. The second-order valence-electron chi connectivity index (χ2n) is 4.34. The number of aryl methyl sites for hydroxylation is 2. The van der Waals surface area contributed by atoms with Gasteiger partial charge in [-0.05, 0) is 20.3 Å². The average Bonchev–Trinajstić information content (AvgIpc) is 2.60. The Morgan fingerprint density at radius 1 is 1.53 bits per heavy atom. The number of hydrogen-bond donors (Lipinski definition) is 2. The number of methoxy groups -OCH3 is 1. The fraction of sp³-hybridized carbons (Fsp3) is 0.750. The second kappa shape index (κ2) is 6.02. The van der Waals surface area contributed by atoms with Gasteiger partial charge in [-0.1, -0.05) is 6.92 Å². The van der Waals surface area contributed by atoms with Crippen molar-refractivity contribution in [2.45, 2.75) is 39.3 Å². The monoisotopic (exact) mass is 241 g/mol. The molecular formula is C12H23N3O2. The molecule has 98 valence electrons. The molecule has 0 spiro atoms. The molecule has 5 nitrogen and oxygen atoms in total. The lowest BCUT2D eigenvalue weighted by molar-refractivity contribution is 0.229. The van der Waals surface area contributed by atoms with Crippen molar-refractivity contribution in [3.8, 4) is 5.88 Å². The van der Waals surface area contributed by atoms with E-state index in [2.05, 4.69) is 24.3 Å². The molecule has 0 bridgehead atoms. The summed E-state index contributed by atoms with van der Waals surface area (Å²) in [6.07, 6.45) is 1.01. The van der Waals surface area contributed by atoms with Crippen molar-refractivity contribution in [3.05, 3.63) is 11.3 Å². The van der Waals surface area contributed by atoms with E-state index in [4.69, 9.17) is 4.74 Å². The number of rotatable bonds is 6. The lowest BCUT2D eigenvalue weighted by Crippen LogP contribution is -2.32. The van der Waals surface area contributed by atoms with E-state index in [1.807, 2.05) is 14.0 Å². The van der Waals surface area contributed by atoms with Crippen LogP contribution in [0.25, 0.3) is 0 Å². The summed E-state index contributed by atoms with van der Waals surface area (Å²) in [5.74, 6) is 0.706. The van der Waals surface area contributed by atoms with Crippen molar-refractivity contribution < 1.29 is 9.84 Å². The maximum Gasteiger partial charge on any atom is 0.216 e. The van der Waals surface area contributed by atoms with Gasteiger partial charge in [-0.25, -0.2) is 4.68 Å². The Bertz CT molecular complexity index is 363. The predicted molar refractivity (Wildman–Crippen MR) is 67.2 cm³/mol. The summed E-state index contributed by atoms with van der Waals surface area (Å²) in [6, 6.07) is 0.213. The van der Waals surface area contributed by atoms with Crippen LogP contribution in [0, 0.1) is 6.92 Å². The molecule has 1 aromatic rings. The normalized spacial score (nSPS) is 14.7. The van der Waals surface area contributed by atoms with Gasteiger partial charge in [0.05, 0.1) is 31.0 Å². The van der Waals surface area contributed by atoms with Crippen molar-refractivity contribution in [2.75, 3.05) is 13.7 Å². The molecule has 0 aromatic carbocycles. The minimum Gasteiger partial charge on any atom is -0.481 e. The maximum atomic E-state index is 9.52. The molecular weight excluding hydrogens is 218 g/mol. The molecule has 0 radical (unpaired) electrons. The van der Waals surface area contributed by atoms with Crippen LogP contribution in [0.1, 0.15) is 37.6 Å². The van der Waals surface area contributed by atoms with Crippen LogP contribution < -0.4 is 10.1 Å². The SMILES string of the molecule is CCC(C)NC(CO)c1c(C)nn(C)c1OC. The van der Waals surface area contributed by atoms with Crippen LogP contribution >= 0.6 is 0 Å². The zero-order chi connectivity index (χ0) is 13.0. The molecule has 0 fully saturated rings. The first kappa shape index (κ1) is 14.0. The van der Waals surface area contributed by atoms with Crippen LogP contribution in [-0.4, -0.2) is 34.6 Å². The highest BCUT2D eigenvalue weighted by atomic mass is 16.5. The second-order valence-corrected chi connectivity index (χ2v) is 4.34. The van der Waals surface area contributed by atoms with Crippen molar-refractivity contribution in [3.63, 3.8) is 0 Å². The van der Waals surface area contributed by atoms with Gasteiger partial charge in [0.2, 0.25) is 5.88 Å². The molecule has 1 rings (SSSR count). The summed E-state index contributed by atoms with van der Waals surface area (Å²) >= 11 is 0. The van der Waals surface area contributed by atoms with Crippen LogP contribution in [0.3, 0.4) is 0 Å². The number of hydrogen-bond acceptors (Lipinski definition) is 4. The summed E-state index contributed by atoms with van der Waals surface area (Å²) in [7, 11) is 3.46. The summed E-state index contributed by atoms with van der Waals surface area (Å²) in [5.41, 5.74) is 1.83. The first-order valence-corrected chi connectivity index (χ1v) is 5.99. The smallest absolute Gasteiger partial charge is 0.216 e. The third-order valence-corrected chi connectivity index (χ3v) is 3.04. The van der Waals surface area contributed by atoms with Gasteiger partial charge >= 0.3 is 0 Å². The quantitative estimate of drug-likeness (QED) is 0.784. The number of aliphatic hydroxyl groups excluding tert-OH is 1. The van der Waals surface area contributed by atoms with E-state index in [-0.39, 0.29) is 12.6 Å². The Labute approximate surface area is 103 Å². The largest absolute Gasteiger partial charge is 0.481 e. The Morgan fingerprint density at radius 2 is 2.18 bits per heavy atom. The number of ether oxygens (including phenoxy) is 1. The first-order chi connectivity index (χ1) is 8.04. The Morgan fingerprint density at radius 3 is 2.65 bits per heavy atom. The number of aliphatic hydroxyl groups is 1. The molecule has 0 amide bonds. The van der Waals surface area contributed by atoms with Crippen LogP contribution in [-0.2, 0) is 7.05 Å². The van der Waals surface area contributed by atoms with Crippen molar-refractivity contribution in [1.29, 1.82) is 0 Å². The topological polar surface area (TPSA) is 59.3 Å². The average molecular weight is 241 g/mol. The first-order valence-electron chi connectivity index (χ1n) is 5.99.